The van der Waals surface area contributed by atoms with Crippen molar-refractivity contribution in [3.63, 3.8) is 0 Å². The summed E-state index contributed by atoms with van der Waals surface area (Å²) in [6.45, 7) is -0.168. The first-order valence-corrected chi connectivity index (χ1v) is 9.73. The molecule has 0 saturated carbocycles. The van der Waals surface area contributed by atoms with Crippen molar-refractivity contribution in [2.45, 2.75) is 18.1 Å². The molecule has 2 aliphatic heterocycles. The number of amides is 1. The Labute approximate surface area is 164 Å². The van der Waals surface area contributed by atoms with Crippen LogP contribution in [0.25, 0.3) is 0 Å². The third kappa shape index (κ3) is 3.31. The number of ether oxygens (including phenoxy) is 1. The number of carbonyl (C=O) groups excluding carboxylic acids is 1. The van der Waals surface area contributed by atoms with Crippen molar-refractivity contribution in [1.29, 1.82) is 0 Å². The predicted octanol–water partition coefficient (Wildman–Crippen LogP) is 3.83. The Balaban J connectivity index is 1.71. The number of thioether (sulfide) groups is 1. The van der Waals surface area contributed by atoms with E-state index in [0.717, 1.165) is 0 Å². The third-order valence-electron chi connectivity index (χ3n) is 5.05. The van der Waals surface area contributed by atoms with Crippen LogP contribution in [0.3, 0.4) is 0 Å². The molecule has 2 aromatic carbocycles. The largest absolute Gasteiger partial charge is 0.369 e. The fourth-order valence-electron chi connectivity index (χ4n) is 3.67. The molecule has 4 rings (SSSR count). The Kier molecular flexibility index (Phi) is 5.16. The van der Waals surface area contributed by atoms with Gasteiger partial charge in [0.15, 0.2) is 5.17 Å². The maximum Gasteiger partial charge on any atom is 0.264 e. The van der Waals surface area contributed by atoms with Gasteiger partial charge < -0.3 is 10.1 Å². The SMILES string of the molecule is O=C(NC1=N[C@@]2(c3ccccc3F)CO[C@H](C(F)F)[C@H]2CS1)c1ccccc1. The number of fused-ring (bicyclic) bond motifs is 1. The van der Waals surface area contributed by atoms with Crippen molar-refractivity contribution in [2.24, 2.45) is 10.9 Å². The Hall–Kier alpha value is -2.32. The normalized spacial score (nSPS) is 26.6. The van der Waals surface area contributed by atoms with Gasteiger partial charge in [-0.25, -0.2) is 18.2 Å². The van der Waals surface area contributed by atoms with Gasteiger partial charge in [0.25, 0.3) is 12.3 Å². The van der Waals surface area contributed by atoms with Gasteiger partial charge in [-0.3, -0.25) is 4.79 Å². The lowest BCUT2D eigenvalue weighted by Gasteiger charge is -2.36. The van der Waals surface area contributed by atoms with Crippen LogP contribution in [-0.2, 0) is 10.3 Å². The second-order valence-electron chi connectivity index (χ2n) is 6.67. The molecule has 2 aromatic rings. The summed E-state index contributed by atoms with van der Waals surface area (Å²) in [5, 5.41) is 2.98. The van der Waals surface area contributed by atoms with Crippen LogP contribution in [0, 0.1) is 11.7 Å². The summed E-state index contributed by atoms with van der Waals surface area (Å²) in [4.78, 5) is 17.0. The van der Waals surface area contributed by atoms with Crippen molar-refractivity contribution in [3.8, 4) is 0 Å². The second-order valence-corrected chi connectivity index (χ2v) is 7.68. The average Bonchev–Trinajstić information content (AvgIpc) is 3.09. The molecular weight excluding hydrogens is 389 g/mol. The number of nitrogens with one attached hydrogen (secondary N) is 1. The van der Waals surface area contributed by atoms with E-state index in [1.807, 2.05) is 0 Å². The Bertz CT molecular complexity index is 909. The van der Waals surface area contributed by atoms with E-state index in [-0.39, 0.29) is 29.0 Å². The summed E-state index contributed by atoms with van der Waals surface area (Å²) in [6.07, 6.45) is -4.03. The number of hydrogen-bond acceptors (Lipinski definition) is 4. The highest BCUT2D eigenvalue weighted by molar-refractivity contribution is 8.13. The summed E-state index contributed by atoms with van der Waals surface area (Å²) < 4.78 is 46.9. The fraction of sp³-hybridized carbons (Fsp3) is 0.300. The van der Waals surface area contributed by atoms with Crippen LogP contribution >= 0.6 is 11.8 Å². The monoisotopic (exact) mass is 406 g/mol. The van der Waals surface area contributed by atoms with E-state index in [0.29, 0.717) is 5.56 Å². The minimum absolute atomic E-state index is 0.168. The van der Waals surface area contributed by atoms with Gasteiger partial charge >= 0.3 is 0 Å². The standard InChI is InChI=1S/C20H17F3N2O2S/c21-15-9-5-4-8-13(15)20-11-27-16(17(22)23)14(20)10-28-19(25-20)24-18(26)12-6-2-1-3-7-12/h1-9,14,16-17H,10-11H2,(H,24,25,26)/t14-,16+,20-/m1/s1. The molecule has 146 valence electrons. The van der Waals surface area contributed by atoms with Gasteiger partial charge in [0.05, 0.1) is 6.61 Å². The second kappa shape index (κ2) is 7.60. The van der Waals surface area contributed by atoms with E-state index in [2.05, 4.69) is 10.3 Å². The van der Waals surface area contributed by atoms with Crippen molar-refractivity contribution < 1.29 is 22.7 Å². The van der Waals surface area contributed by atoms with Crippen LogP contribution in [0.5, 0.6) is 0 Å². The number of aliphatic imine (C=N–C) groups is 1. The molecule has 0 bridgehead atoms. The highest BCUT2D eigenvalue weighted by Gasteiger charge is 2.56. The third-order valence-corrected chi connectivity index (χ3v) is 6.04. The van der Waals surface area contributed by atoms with E-state index in [1.54, 1.807) is 36.4 Å². The molecule has 2 heterocycles. The molecule has 0 radical (unpaired) electrons. The van der Waals surface area contributed by atoms with Crippen LogP contribution in [0.4, 0.5) is 13.2 Å². The Morgan fingerprint density at radius 2 is 1.89 bits per heavy atom. The van der Waals surface area contributed by atoms with E-state index in [4.69, 9.17) is 4.74 Å². The minimum Gasteiger partial charge on any atom is -0.369 e. The van der Waals surface area contributed by atoms with Crippen LogP contribution in [-0.4, -0.2) is 36.0 Å². The van der Waals surface area contributed by atoms with Gasteiger partial charge in [-0.1, -0.05) is 48.2 Å². The lowest BCUT2D eigenvalue weighted by molar-refractivity contribution is -0.0359. The zero-order chi connectivity index (χ0) is 19.7. The first-order chi connectivity index (χ1) is 13.5. The van der Waals surface area contributed by atoms with E-state index >= 15 is 0 Å². The number of amidine groups is 1. The lowest BCUT2D eigenvalue weighted by atomic mass is 9.79. The molecule has 28 heavy (non-hydrogen) atoms. The zero-order valence-corrected chi connectivity index (χ0v) is 15.5. The van der Waals surface area contributed by atoms with Crippen molar-refractivity contribution >= 4 is 22.8 Å². The number of halogens is 3. The van der Waals surface area contributed by atoms with E-state index in [1.165, 1.54) is 30.0 Å². The molecule has 8 heteroatoms. The average molecular weight is 406 g/mol. The summed E-state index contributed by atoms with van der Waals surface area (Å²) in [5.74, 6) is -1.36. The molecule has 0 unspecified atom stereocenters. The van der Waals surface area contributed by atoms with Gasteiger partial charge in [-0.05, 0) is 18.2 Å². The molecule has 0 spiro atoms. The quantitative estimate of drug-likeness (QED) is 0.843. The van der Waals surface area contributed by atoms with Gasteiger partial charge in [-0.2, -0.15) is 0 Å². The molecule has 2 aliphatic rings. The zero-order valence-electron chi connectivity index (χ0n) is 14.6. The summed E-state index contributed by atoms with van der Waals surface area (Å²) in [7, 11) is 0. The maximum atomic E-state index is 14.6. The molecule has 3 atom stereocenters. The molecule has 4 nitrogen and oxygen atoms in total. The lowest BCUT2D eigenvalue weighted by Crippen LogP contribution is -2.45. The molecule has 0 aliphatic carbocycles. The maximum absolute atomic E-state index is 14.6. The highest BCUT2D eigenvalue weighted by Crippen LogP contribution is 2.49. The highest BCUT2D eigenvalue weighted by atomic mass is 32.2. The number of alkyl halides is 2. The number of benzene rings is 2. The smallest absolute Gasteiger partial charge is 0.264 e. The molecular formula is C20H17F3N2O2S. The number of hydrogen-bond donors (Lipinski definition) is 1. The van der Waals surface area contributed by atoms with Crippen molar-refractivity contribution in [3.05, 3.63) is 71.5 Å². The summed E-state index contributed by atoms with van der Waals surface area (Å²) >= 11 is 1.17. The fourth-order valence-corrected chi connectivity index (χ4v) is 4.86. The first-order valence-electron chi connectivity index (χ1n) is 8.75. The summed E-state index contributed by atoms with van der Waals surface area (Å²) in [5.41, 5.74) is -0.646. The molecule has 1 saturated heterocycles. The molecule has 0 aromatic heterocycles. The van der Waals surface area contributed by atoms with E-state index in [9.17, 15) is 18.0 Å². The Morgan fingerprint density at radius 3 is 2.61 bits per heavy atom. The molecule has 1 fully saturated rings. The van der Waals surface area contributed by atoms with Crippen LogP contribution in [0.1, 0.15) is 15.9 Å². The van der Waals surface area contributed by atoms with E-state index < -0.39 is 29.8 Å². The Morgan fingerprint density at radius 1 is 1.18 bits per heavy atom. The van der Waals surface area contributed by atoms with Crippen LogP contribution < -0.4 is 5.32 Å². The first kappa shape index (κ1) is 19.0. The minimum atomic E-state index is -2.70. The van der Waals surface area contributed by atoms with Crippen LogP contribution in [0.15, 0.2) is 59.6 Å². The van der Waals surface area contributed by atoms with Crippen LogP contribution in [0.2, 0.25) is 0 Å². The van der Waals surface area contributed by atoms with Gasteiger partial charge in [0.2, 0.25) is 0 Å². The topological polar surface area (TPSA) is 50.7 Å². The summed E-state index contributed by atoms with van der Waals surface area (Å²) in [6, 6.07) is 14.6. The molecule has 1 N–H and O–H groups in total. The predicted molar refractivity (Wildman–Crippen MR) is 101 cm³/mol. The molecule has 1 amide bonds. The van der Waals surface area contributed by atoms with Gasteiger partial charge in [0, 0.05) is 22.8 Å². The number of carbonyl (C=O) groups is 1. The van der Waals surface area contributed by atoms with Gasteiger partial charge in [0.1, 0.15) is 17.5 Å². The van der Waals surface area contributed by atoms with Crippen molar-refractivity contribution in [2.75, 3.05) is 12.4 Å². The number of rotatable bonds is 3. The number of nitrogens with zero attached hydrogens (tertiary/aromatic N) is 1. The van der Waals surface area contributed by atoms with Crippen molar-refractivity contribution in [1.82, 2.24) is 5.32 Å². The van der Waals surface area contributed by atoms with Gasteiger partial charge in [-0.15, -0.1) is 0 Å².